The van der Waals surface area contributed by atoms with Gasteiger partial charge in [0.05, 0.1) is 11.4 Å². The van der Waals surface area contributed by atoms with Gasteiger partial charge < -0.3 is 4.40 Å². The van der Waals surface area contributed by atoms with Crippen LogP contribution in [0.15, 0.2) is 188 Å². The monoisotopic (exact) mass is 673 g/mol. The van der Waals surface area contributed by atoms with Crippen molar-refractivity contribution in [2.24, 2.45) is 0 Å². The topological polar surface area (TPSA) is 30.2 Å². The van der Waals surface area contributed by atoms with Crippen molar-refractivity contribution in [2.75, 3.05) is 0 Å². The molecule has 1 aliphatic rings. The number of aromatic nitrogens is 3. The van der Waals surface area contributed by atoms with Crippen LogP contribution in [0, 0.1) is 0 Å². The Labute approximate surface area is 307 Å². The molecule has 0 N–H and O–H groups in total. The first-order valence-electron chi connectivity index (χ1n) is 18.1. The Balaban J connectivity index is 1.07. The summed E-state index contributed by atoms with van der Waals surface area (Å²) in [5.74, 6) is 0. The van der Waals surface area contributed by atoms with Gasteiger partial charge in [0.15, 0.2) is 0 Å². The van der Waals surface area contributed by atoms with Gasteiger partial charge in [-0.3, -0.25) is 4.98 Å². The SMILES string of the molecule is c1ccc(-c2c3c(c(-c4ccccc4)c4ccccc24)-c2ccc(-c4ccc(-c5cn6cc(-c7ccccn7)ccc6n5)cc4)c4cccc-3c24)cc1. The van der Waals surface area contributed by atoms with Crippen molar-refractivity contribution in [3.63, 3.8) is 0 Å². The van der Waals surface area contributed by atoms with Crippen LogP contribution in [0.4, 0.5) is 0 Å². The Bertz CT molecular complexity index is 2920. The second kappa shape index (κ2) is 11.7. The maximum Gasteiger partial charge on any atom is 0.137 e. The van der Waals surface area contributed by atoms with E-state index in [0.29, 0.717) is 0 Å². The van der Waals surface area contributed by atoms with Crippen molar-refractivity contribution in [3.8, 4) is 78.1 Å². The second-order valence-electron chi connectivity index (χ2n) is 13.8. The number of pyridine rings is 2. The van der Waals surface area contributed by atoms with Crippen LogP contribution in [-0.4, -0.2) is 14.4 Å². The van der Waals surface area contributed by atoms with Gasteiger partial charge >= 0.3 is 0 Å². The third-order valence-corrected chi connectivity index (χ3v) is 10.8. The summed E-state index contributed by atoms with van der Waals surface area (Å²) in [7, 11) is 0. The van der Waals surface area contributed by atoms with Crippen LogP contribution in [0.2, 0.25) is 0 Å². The van der Waals surface area contributed by atoms with Gasteiger partial charge in [0.2, 0.25) is 0 Å². The van der Waals surface area contributed by atoms with Crippen molar-refractivity contribution in [3.05, 3.63) is 188 Å². The van der Waals surface area contributed by atoms with Crippen LogP contribution in [0.3, 0.4) is 0 Å². The zero-order chi connectivity index (χ0) is 34.9. The Hall–Kier alpha value is -7.10. The lowest BCUT2D eigenvalue weighted by atomic mass is 9.82. The number of imidazole rings is 1. The van der Waals surface area contributed by atoms with E-state index in [4.69, 9.17) is 4.98 Å². The number of fused-ring (bicyclic) bond motifs is 5. The average Bonchev–Trinajstić information content (AvgIpc) is 3.81. The van der Waals surface area contributed by atoms with Gasteiger partial charge in [-0.05, 0) is 101 Å². The molecule has 11 rings (SSSR count). The highest BCUT2D eigenvalue weighted by Crippen LogP contribution is 2.58. The Morgan fingerprint density at radius 2 is 0.925 bits per heavy atom. The predicted molar refractivity (Wildman–Crippen MR) is 220 cm³/mol. The van der Waals surface area contributed by atoms with E-state index in [1.807, 2.05) is 24.4 Å². The number of hydrogen-bond donors (Lipinski definition) is 0. The van der Waals surface area contributed by atoms with Gasteiger partial charge in [0.25, 0.3) is 0 Å². The Morgan fingerprint density at radius 3 is 1.60 bits per heavy atom. The van der Waals surface area contributed by atoms with E-state index >= 15 is 0 Å². The van der Waals surface area contributed by atoms with Crippen molar-refractivity contribution < 1.29 is 0 Å². The van der Waals surface area contributed by atoms with E-state index in [1.54, 1.807) is 0 Å². The smallest absolute Gasteiger partial charge is 0.137 e. The summed E-state index contributed by atoms with van der Waals surface area (Å²) >= 11 is 0. The van der Waals surface area contributed by atoms with Gasteiger partial charge in [-0.15, -0.1) is 0 Å². The molecule has 53 heavy (non-hydrogen) atoms. The van der Waals surface area contributed by atoms with E-state index < -0.39 is 0 Å². The lowest BCUT2D eigenvalue weighted by molar-refractivity contribution is 1.18. The molecule has 0 bridgehead atoms. The van der Waals surface area contributed by atoms with Crippen LogP contribution in [-0.2, 0) is 0 Å². The van der Waals surface area contributed by atoms with E-state index in [9.17, 15) is 0 Å². The summed E-state index contributed by atoms with van der Waals surface area (Å²) in [5.41, 5.74) is 17.7. The Morgan fingerprint density at radius 1 is 0.340 bits per heavy atom. The summed E-state index contributed by atoms with van der Waals surface area (Å²) in [6, 6.07) is 61.3. The molecule has 10 aromatic rings. The van der Waals surface area contributed by atoms with Crippen molar-refractivity contribution in [2.45, 2.75) is 0 Å². The molecule has 0 spiro atoms. The lowest BCUT2D eigenvalue weighted by Gasteiger charge is -2.20. The molecule has 3 heterocycles. The summed E-state index contributed by atoms with van der Waals surface area (Å²) in [5, 5.41) is 5.13. The molecule has 3 aromatic heterocycles. The molecular formula is C50H31N3. The third kappa shape index (κ3) is 4.61. The van der Waals surface area contributed by atoms with Crippen molar-refractivity contribution >= 4 is 27.2 Å². The zero-order valence-electron chi connectivity index (χ0n) is 28.7. The molecule has 0 radical (unpaired) electrons. The summed E-state index contributed by atoms with van der Waals surface area (Å²) < 4.78 is 2.09. The molecule has 0 saturated heterocycles. The fraction of sp³-hybridized carbons (Fsp3) is 0. The molecule has 0 aliphatic heterocycles. The maximum atomic E-state index is 4.96. The maximum absolute atomic E-state index is 4.96. The summed E-state index contributed by atoms with van der Waals surface area (Å²) in [6.07, 6.45) is 6.03. The fourth-order valence-electron chi connectivity index (χ4n) is 8.50. The third-order valence-electron chi connectivity index (χ3n) is 10.8. The fourth-order valence-corrected chi connectivity index (χ4v) is 8.50. The van der Waals surface area contributed by atoms with E-state index in [1.165, 1.54) is 77.2 Å². The van der Waals surface area contributed by atoms with Gasteiger partial charge in [-0.1, -0.05) is 146 Å². The standard InChI is InChI=1S/C50H31N3/c1-3-12-34(13-4-1)46-39-16-7-8-17-40(39)47(35-14-5-2-6-15-35)50-42-27-26-37(38-18-11-19-41(48(38)42)49(46)50)32-21-23-33(24-22-32)44-31-53-30-36(25-28-45(53)52-44)43-20-9-10-29-51-43/h1-31H. The molecule has 0 atom stereocenters. The van der Waals surface area contributed by atoms with Crippen molar-refractivity contribution in [1.29, 1.82) is 0 Å². The number of hydrogen-bond acceptors (Lipinski definition) is 2. The molecule has 0 unspecified atom stereocenters. The largest absolute Gasteiger partial charge is 0.306 e. The minimum atomic E-state index is 0.910. The number of nitrogens with zero attached hydrogens (tertiary/aromatic N) is 3. The van der Waals surface area contributed by atoms with Gasteiger partial charge in [0, 0.05) is 29.7 Å². The second-order valence-corrected chi connectivity index (χ2v) is 13.8. The molecule has 0 saturated carbocycles. The van der Waals surface area contributed by atoms with Crippen LogP contribution >= 0.6 is 0 Å². The van der Waals surface area contributed by atoms with Gasteiger partial charge in [0.1, 0.15) is 5.65 Å². The van der Waals surface area contributed by atoms with E-state index in [-0.39, 0.29) is 0 Å². The summed E-state index contributed by atoms with van der Waals surface area (Å²) in [4.78, 5) is 9.48. The first kappa shape index (κ1) is 29.6. The highest BCUT2D eigenvalue weighted by Gasteiger charge is 2.31. The van der Waals surface area contributed by atoms with Crippen LogP contribution in [0.1, 0.15) is 0 Å². The molecule has 1 aliphatic carbocycles. The van der Waals surface area contributed by atoms with Crippen LogP contribution in [0.5, 0.6) is 0 Å². The first-order valence-corrected chi connectivity index (χ1v) is 18.1. The van der Waals surface area contributed by atoms with Crippen LogP contribution in [0.25, 0.3) is 105 Å². The Kier molecular flexibility index (Phi) is 6.55. The molecule has 0 amide bonds. The van der Waals surface area contributed by atoms with Gasteiger partial charge in [-0.2, -0.15) is 0 Å². The minimum Gasteiger partial charge on any atom is -0.306 e. The van der Waals surface area contributed by atoms with E-state index in [0.717, 1.165) is 28.2 Å². The predicted octanol–water partition coefficient (Wildman–Crippen LogP) is 13.0. The lowest BCUT2D eigenvalue weighted by Crippen LogP contribution is -1.93. The average molecular weight is 674 g/mol. The normalized spacial score (nSPS) is 11.8. The highest BCUT2D eigenvalue weighted by atomic mass is 15.0. The molecule has 3 nitrogen and oxygen atoms in total. The quantitative estimate of drug-likeness (QED) is 0.182. The zero-order valence-corrected chi connectivity index (χ0v) is 28.7. The molecular weight excluding hydrogens is 643 g/mol. The van der Waals surface area contributed by atoms with Crippen LogP contribution < -0.4 is 0 Å². The number of benzene rings is 7. The highest BCUT2D eigenvalue weighted by molar-refractivity contribution is 6.28. The first-order chi connectivity index (χ1) is 26.3. The molecule has 246 valence electrons. The minimum absolute atomic E-state index is 0.910. The molecule has 7 aromatic carbocycles. The van der Waals surface area contributed by atoms with Crippen molar-refractivity contribution in [1.82, 2.24) is 14.4 Å². The summed E-state index contributed by atoms with van der Waals surface area (Å²) in [6.45, 7) is 0. The van der Waals surface area contributed by atoms with Gasteiger partial charge in [-0.25, -0.2) is 4.98 Å². The molecule has 3 heteroatoms. The number of rotatable bonds is 5. The van der Waals surface area contributed by atoms with E-state index in [2.05, 4.69) is 173 Å². The molecule has 0 fully saturated rings.